The van der Waals surface area contributed by atoms with Crippen molar-refractivity contribution in [1.82, 2.24) is 31.3 Å². The molecule has 3 aromatic rings. The van der Waals surface area contributed by atoms with Gasteiger partial charge in [-0.05, 0) is 52.7 Å². The zero-order valence-electron chi connectivity index (χ0n) is 21.9. The Kier molecular flexibility index (Phi) is 10.1. The maximum absolute atomic E-state index is 11.9. The first kappa shape index (κ1) is 28.8. The van der Waals surface area contributed by atoms with E-state index in [1.54, 1.807) is 53.7 Å². The van der Waals surface area contributed by atoms with Gasteiger partial charge in [-0.2, -0.15) is 10.5 Å². The van der Waals surface area contributed by atoms with Crippen molar-refractivity contribution in [2.75, 3.05) is 0 Å². The van der Waals surface area contributed by atoms with Gasteiger partial charge in [0.1, 0.15) is 23.3 Å². The van der Waals surface area contributed by atoms with Crippen LogP contribution >= 0.6 is 0 Å². The number of H-pyrrole nitrogens is 1. The summed E-state index contributed by atoms with van der Waals surface area (Å²) in [5, 5.41) is 28.0. The first-order valence-corrected chi connectivity index (χ1v) is 11.6. The van der Waals surface area contributed by atoms with E-state index in [0.717, 1.165) is 11.1 Å². The molecule has 2 aromatic carbocycles. The number of tetrazole rings is 1. The molecule has 1 heterocycles. The van der Waals surface area contributed by atoms with Gasteiger partial charge in [-0.1, -0.05) is 65.9 Å². The molecule has 0 radical (unpaired) electrons. The van der Waals surface area contributed by atoms with Gasteiger partial charge in [-0.25, -0.2) is 9.59 Å². The molecular weight excluding hydrogens is 474 g/mol. The molecular formula is C26H33N7O4. The molecule has 2 atom stereocenters. The number of ether oxygens (including phenoxy) is 2. The summed E-state index contributed by atoms with van der Waals surface area (Å²) in [5.74, 6) is 0.377. The van der Waals surface area contributed by atoms with Gasteiger partial charge < -0.3 is 20.1 Å². The number of alkyl carbamates (subject to hydrolysis) is 2. The van der Waals surface area contributed by atoms with Gasteiger partial charge in [-0.15, -0.1) is 10.2 Å². The molecule has 0 bridgehead atoms. The Hall–Kier alpha value is -4.46. The minimum atomic E-state index is -0.689. The molecule has 2 unspecified atom stereocenters. The normalized spacial score (nSPS) is 12.6. The molecule has 0 spiro atoms. The van der Waals surface area contributed by atoms with Crippen molar-refractivity contribution < 1.29 is 19.1 Å². The lowest BCUT2D eigenvalue weighted by atomic mass is 10.1. The number of nitriles is 1. The van der Waals surface area contributed by atoms with Crippen LogP contribution < -0.4 is 10.6 Å². The minimum absolute atomic E-state index is 0.377. The van der Waals surface area contributed by atoms with Crippen LogP contribution in [0.25, 0.3) is 0 Å². The van der Waals surface area contributed by atoms with E-state index < -0.39 is 35.5 Å². The quantitative estimate of drug-likeness (QED) is 0.453. The highest BCUT2D eigenvalue weighted by atomic mass is 16.6. The van der Waals surface area contributed by atoms with Gasteiger partial charge in [0.2, 0.25) is 5.82 Å². The number of aromatic nitrogens is 4. The number of carbonyl (C=O) groups is 2. The fourth-order valence-corrected chi connectivity index (χ4v) is 2.92. The topological polar surface area (TPSA) is 155 Å². The maximum Gasteiger partial charge on any atom is 0.408 e. The zero-order valence-corrected chi connectivity index (χ0v) is 21.9. The Bertz CT molecular complexity index is 1150. The van der Waals surface area contributed by atoms with Crippen molar-refractivity contribution in [3.8, 4) is 6.07 Å². The van der Waals surface area contributed by atoms with E-state index in [-0.39, 0.29) is 0 Å². The molecule has 11 heteroatoms. The minimum Gasteiger partial charge on any atom is -0.444 e. The molecule has 3 N–H and O–H groups in total. The maximum atomic E-state index is 11.9. The summed E-state index contributed by atoms with van der Waals surface area (Å²) in [4.78, 5) is 23.4. The van der Waals surface area contributed by atoms with Gasteiger partial charge in [0.05, 0.1) is 6.07 Å². The summed E-state index contributed by atoms with van der Waals surface area (Å²) in [7, 11) is 0. The molecule has 1 aromatic heterocycles. The molecule has 0 saturated heterocycles. The van der Waals surface area contributed by atoms with E-state index in [0.29, 0.717) is 5.82 Å². The van der Waals surface area contributed by atoms with Gasteiger partial charge in [-0.3, -0.25) is 0 Å². The molecule has 0 aliphatic carbocycles. The smallest absolute Gasteiger partial charge is 0.408 e. The van der Waals surface area contributed by atoms with Crippen LogP contribution in [0.15, 0.2) is 60.7 Å². The zero-order chi connectivity index (χ0) is 27.5. The van der Waals surface area contributed by atoms with Crippen molar-refractivity contribution in [2.24, 2.45) is 0 Å². The van der Waals surface area contributed by atoms with Crippen LogP contribution in [0.3, 0.4) is 0 Å². The predicted molar refractivity (Wildman–Crippen MR) is 136 cm³/mol. The fraction of sp³-hybridized carbons (Fsp3) is 0.385. The van der Waals surface area contributed by atoms with Crippen molar-refractivity contribution in [1.29, 1.82) is 5.26 Å². The Morgan fingerprint density at radius 2 is 1.32 bits per heavy atom. The van der Waals surface area contributed by atoms with E-state index in [1.807, 2.05) is 54.6 Å². The molecule has 2 amide bonds. The average Bonchev–Trinajstić information content (AvgIpc) is 3.35. The average molecular weight is 508 g/mol. The van der Waals surface area contributed by atoms with Gasteiger partial charge in [0.25, 0.3) is 0 Å². The second-order valence-corrected chi connectivity index (χ2v) is 9.88. The summed E-state index contributed by atoms with van der Waals surface area (Å²) in [6, 6.07) is 19.3. The van der Waals surface area contributed by atoms with Crippen molar-refractivity contribution in [3.05, 3.63) is 77.6 Å². The highest BCUT2D eigenvalue weighted by molar-refractivity contribution is 5.69. The third-order valence-corrected chi connectivity index (χ3v) is 4.34. The number of hydrogen-bond acceptors (Lipinski definition) is 8. The van der Waals surface area contributed by atoms with Crippen LogP contribution in [-0.4, -0.2) is 44.0 Å². The molecule has 196 valence electrons. The monoisotopic (exact) mass is 507 g/mol. The SMILES string of the molecule is CC(C)(C)OC(=O)NC(C#N)c1ccccc1.CC(C)(C)OC(=O)NC(c1ccccc1)c1nn[nH]n1. The molecule has 0 fully saturated rings. The Morgan fingerprint density at radius 1 is 0.838 bits per heavy atom. The van der Waals surface area contributed by atoms with E-state index in [1.165, 1.54) is 0 Å². The number of aromatic amines is 1. The Balaban J connectivity index is 0.000000264. The molecule has 37 heavy (non-hydrogen) atoms. The van der Waals surface area contributed by atoms with Crippen LogP contribution in [0.5, 0.6) is 0 Å². The number of rotatable bonds is 5. The standard InChI is InChI=1S/C13H17N5O2.C13H16N2O2/c1-13(2,3)20-12(19)14-10(11-15-17-18-16-11)9-7-5-4-6-8-9;1-13(2,3)17-12(16)15-11(9-14)10-7-5-4-6-8-10/h4-8,10H,1-3H3,(H,14,19)(H,15,16,17,18);4-8,11H,1-3H3,(H,15,16). The lowest BCUT2D eigenvalue weighted by molar-refractivity contribution is 0.0501. The molecule has 0 saturated carbocycles. The lowest BCUT2D eigenvalue weighted by Crippen LogP contribution is -2.35. The molecule has 11 nitrogen and oxygen atoms in total. The summed E-state index contributed by atoms with van der Waals surface area (Å²) in [6.45, 7) is 10.7. The summed E-state index contributed by atoms with van der Waals surface area (Å²) in [6.07, 6.45) is -1.12. The fourth-order valence-electron chi connectivity index (χ4n) is 2.92. The van der Waals surface area contributed by atoms with E-state index in [9.17, 15) is 9.59 Å². The van der Waals surface area contributed by atoms with Crippen LogP contribution in [0.1, 0.15) is 70.6 Å². The van der Waals surface area contributed by atoms with Crippen molar-refractivity contribution >= 4 is 12.2 Å². The lowest BCUT2D eigenvalue weighted by Gasteiger charge is -2.22. The predicted octanol–water partition coefficient (Wildman–Crippen LogP) is 4.59. The highest BCUT2D eigenvalue weighted by Crippen LogP contribution is 2.19. The third kappa shape index (κ3) is 10.8. The summed E-state index contributed by atoms with van der Waals surface area (Å²) in [5.41, 5.74) is 0.448. The van der Waals surface area contributed by atoms with Crippen molar-refractivity contribution in [3.63, 3.8) is 0 Å². The number of nitrogens with zero attached hydrogens (tertiary/aromatic N) is 4. The second-order valence-electron chi connectivity index (χ2n) is 9.88. The number of hydrogen-bond donors (Lipinski definition) is 3. The number of amides is 2. The number of nitrogens with one attached hydrogen (secondary N) is 3. The van der Waals surface area contributed by atoms with Gasteiger partial charge in [0, 0.05) is 0 Å². The highest BCUT2D eigenvalue weighted by Gasteiger charge is 2.24. The molecule has 0 aliphatic rings. The Morgan fingerprint density at radius 3 is 1.76 bits per heavy atom. The molecule has 0 aliphatic heterocycles. The van der Waals surface area contributed by atoms with Crippen LogP contribution in [0.4, 0.5) is 9.59 Å². The first-order valence-electron chi connectivity index (χ1n) is 11.6. The third-order valence-electron chi connectivity index (χ3n) is 4.34. The Labute approximate surface area is 216 Å². The van der Waals surface area contributed by atoms with E-state index in [4.69, 9.17) is 14.7 Å². The van der Waals surface area contributed by atoms with Gasteiger partial charge >= 0.3 is 12.2 Å². The van der Waals surface area contributed by atoms with Gasteiger partial charge in [0.15, 0.2) is 0 Å². The summed E-state index contributed by atoms with van der Waals surface area (Å²) >= 11 is 0. The van der Waals surface area contributed by atoms with Crippen LogP contribution in [0, 0.1) is 11.3 Å². The second kappa shape index (κ2) is 13.0. The van der Waals surface area contributed by atoms with Crippen molar-refractivity contribution in [2.45, 2.75) is 64.8 Å². The van der Waals surface area contributed by atoms with Crippen LogP contribution in [0.2, 0.25) is 0 Å². The van der Waals surface area contributed by atoms with Crippen LogP contribution in [-0.2, 0) is 9.47 Å². The summed E-state index contributed by atoms with van der Waals surface area (Å²) < 4.78 is 10.3. The van der Waals surface area contributed by atoms with E-state index in [2.05, 4.69) is 31.3 Å². The number of carbonyl (C=O) groups excluding carboxylic acids is 2. The number of benzene rings is 2. The molecule has 3 rings (SSSR count). The largest absolute Gasteiger partial charge is 0.444 e. The first-order chi connectivity index (χ1) is 17.4. The van der Waals surface area contributed by atoms with E-state index >= 15 is 0 Å².